The fourth-order valence-corrected chi connectivity index (χ4v) is 0.760. The van der Waals surface area contributed by atoms with Crippen LogP contribution in [0.5, 0.6) is 0 Å². The Morgan fingerprint density at radius 3 is 2.89 bits per heavy atom. The molecule has 0 aromatic carbocycles. The van der Waals surface area contributed by atoms with E-state index in [2.05, 4.69) is 0 Å². The van der Waals surface area contributed by atoms with Crippen LogP contribution in [0.3, 0.4) is 0 Å². The van der Waals surface area contributed by atoms with Crippen LogP contribution in [0.4, 0.5) is 0 Å². The zero-order valence-electron chi connectivity index (χ0n) is 4.98. The highest BCUT2D eigenvalue weighted by atomic mass is 16.1. The van der Waals surface area contributed by atoms with E-state index in [0.717, 1.165) is 6.42 Å². The Morgan fingerprint density at radius 1 is 1.67 bits per heavy atom. The molecule has 0 aromatic rings. The molecular formula is C7H7NO. The zero-order chi connectivity index (χ0) is 6.69. The lowest BCUT2D eigenvalue weighted by Gasteiger charge is -2.03. The molecule has 0 saturated heterocycles. The first kappa shape index (κ1) is 5.99. The maximum absolute atomic E-state index is 10.0. The van der Waals surface area contributed by atoms with Crippen molar-refractivity contribution in [2.75, 3.05) is 0 Å². The van der Waals surface area contributed by atoms with Crippen LogP contribution in [0, 0.1) is 5.41 Å². The van der Waals surface area contributed by atoms with E-state index in [4.69, 9.17) is 5.41 Å². The van der Waals surface area contributed by atoms with Gasteiger partial charge in [-0.2, -0.15) is 0 Å². The van der Waals surface area contributed by atoms with Gasteiger partial charge in [0.25, 0.3) is 0 Å². The molecule has 0 radical (unpaired) electrons. The first-order valence-corrected chi connectivity index (χ1v) is 2.84. The fraction of sp³-hybridized carbons (Fsp3) is 0.286. The van der Waals surface area contributed by atoms with Gasteiger partial charge in [-0.05, 0) is 18.9 Å². The van der Waals surface area contributed by atoms with Gasteiger partial charge in [0, 0.05) is 5.71 Å². The highest BCUT2D eigenvalue weighted by Gasteiger charge is 2.05. The van der Waals surface area contributed by atoms with Gasteiger partial charge >= 0.3 is 0 Å². The monoisotopic (exact) mass is 121 g/mol. The smallest absolute Gasteiger partial charge is 0.134 e. The van der Waals surface area contributed by atoms with Gasteiger partial charge in [0.15, 0.2) is 0 Å². The summed E-state index contributed by atoms with van der Waals surface area (Å²) >= 11 is 0. The van der Waals surface area contributed by atoms with Gasteiger partial charge in [-0.1, -0.05) is 6.08 Å². The number of rotatable bonds is 0. The maximum Gasteiger partial charge on any atom is 0.134 e. The summed E-state index contributed by atoms with van der Waals surface area (Å²) in [4.78, 5) is 10.0. The Hall–Kier alpha value is -1.14. The third-order valence-electron chi connectivity index (χ3n) is 1.28. The van der Waals surface area contributed by atoms with Crippen molar-refractivity contribution in [2.24, 2.45) is 0 Å². The quantitative estimate of drug-likeness (QED) is 0.479. The molecule has 1 aliphatic carbocycles. The first-order chi connectivity index (χ1) is 4.34. The molecule has 0 atom stereocenters. The number of hydrogen-bond acceptors (Lipinski definition) is 2. The van der Waals surface area contributed by atoms with Gasteiger partial charge in [0.05, 0.1) is 5.57 Å². The second-order valence-corrected chi connectivity index (χ2v) is 1.94. The standard InChI is InChI=1S/C7H7NO/c8-7-4-2-1-3-6(7)5-9/h1,3,8H,2,4H2. The first-order valence-electron chi connectivity index (χ1n) is 2.84. The van der Waals surface area contributed by atoms with Gasteiger partial charge in [-0.25, -0.2) is 4.79 Å². The van der Waals surface area contributed by atoms with Crippen molar-refractivity contribution < 1.29 is 4.79 Å². The van der Waals surface area contributed by atoms with Crippen molar-refractivity contribution in [2.45, 2.75) is 12.8 Å². The topological polar surface area (TPSA) is 40.9 Å². The van der Waals surface area contributed by atoms with Crippen LogP contribution in [-0.4, -0.2) is 11.7 Å². The summed E-state index contributed by atoms with van der Waals surface area (Å²) in [6.07, 6.45) is 5.10. The van der Waals surface area contributed by atoms with Crippen molar-refractivity contribution in [3.05, 3.63) is 17.7 Å². The Bertz CT molecular complexity index is 209. The molecule has 0 spiro atoms. The molecule has 0 heterocycles. The van der Waals surface area contributed by atoms with E-state index >= 15 is 0 Å². The van der Waals surface area contributed by atoms with E-state index in [9.17, 15) is 4.79 Å². The minimum atomic E-state index is 0.404. The molecule has 0 bridgehead atoms. The van der Waals surface area contributed by atoms with E-state index in [-0.39, 0.29) is 0 Å². The second-order valence-electron chi connectivity index (χ2n) is 1.94. The van der Waals surface area contributed by atoms with Crippen molar-refractivity contribution in [1.29, 1.82) is 5.41 Å². The lowest BCUT2D eigenvalue weighted by Crippen LogP contribution is -2.02. The Balaban J connectivity index is 2.94. The minimum absolute atomic E-state index is 0.404. The van der Waals surface area contributed by atoms with Crippen molar-refractivity contribution in [3.63, 3.8) is 0 Å². The summed E-state index contributed by atoms with van der Waals surface area (Å²) < 4.78 is 0. The number of nitrogens with one attached hydrogen (secondary N) is 1. The van der Waals surface area contributed by atoms with Crippen molar-refractivity contribution in [3.8, 4) is 0 Å². The predicted molar refractivity (Wildman–Crippen MR) is 35.3 cm³/mol. The third-order valence-corrected chi connectivity index (χ3v) is 1.28. The Kier molecular flexibility index (Phi) is 1.61. The number of hydrogen-bond donors (Lipinski definition) is 1. The summed E-state index contributed by atoms with van der Waals surface area (Å²) in [6.45, 7) is 0. The molecular weight excluding hydrogens is 114 g/mol. The molecule has 1 N–H and O–H groups in total. The van der Waals surface area contributed by atoms with Gasteiger partial charge in [-0.15, -0.1) is 0 Å². The van der Waals surface area contributed by atoms with E-state index < -0.39 is 0 Å². The van der Waals surface area contributed by atoms with Crippen LogP contribution in [-0.2, 0) is 4.79 Å². The molecule has 2 heteroatoms. The van der Waals surface area contributed by atoms with E-state index in [0.29, 0.717) is 17.7 Å². The summed E-state index contributed by atoms with van der Waals surface area (Å²) in [7, 11) is 0. The lowest BCUT2D eigenvalue weighted by atomic mass is 10.0. The molecule has 1 aliphatic rings. The summed E-state index contributed by atoms with van der Waals surface area (Å²) in [6, 6.07) is 0. The molecule has 0 aliphatic heterocycles. The molecule has 0 unspecified atom stereocenters. The minimum Gasteiger partial charge on any atom is -0.304 e. The molecule has 0 amide bonds. The molecule has 0 saturated carbocycles. The van der Waals surface area contributed by atoms with Crippen molar-refractivity contribution >= 4 is 11.7 Å². The van der Waals surface area contributed by atoms with Crippen molar-refractivity contribution in [1.82, 2.24) is 0 Å². The van der Waals surface area contributed by atoms with Gasteiger partial charge < -0.3 is 5.41 Å². The van der Waals surface area contributed by atoms with Gasteiger partial charge in [0.2, 0.25) is 0 Å². The van der Waals surface area contributed by atoms with Crippen LogP contribution in [0.15, 0.2) is 17.7 Å². The fourth-order valence-electron chi connectivity index (χ4n) is 0.760. The second kappa shape index (κ2) is 2.42. The Morgan fingerprint density at radius 2 is 2.44 bits per heavy atom. The molecule has 0 aromatic heterocycles. The Labute approximate surface area is 53.4 Å². The SMILES string of the molecule is N=C1CCC=CC1=C=O. The highest BCUT2D eigenvalue weighted by Crippen LogP contribution is 2.08. The molecule has 1 rings (SSSR count). The molecule has 9 heavy (non-hydrogen) atoms. The van der Waals surface area contributed by atoms with Gasteiger partial charge in [0.1, 0.15) is 5.94 Å². The normalized spacial score (nSPS) is 17.8. The van der Waals surface area contributed by atoms with Crippen LogP contribution in [0.25, 0.3) is 0 Å². The average Bonchev–Trinajstić information content (AvgIpc) is 1.89. The molecule has 0 fully saturated rings. The molecule has 46 valence electrons. The molecule has 2 nitrogen and oxygen atoms in total. The number of carbonyl (C=O) groups excluding carboxylic acids is 1. The van der Waals surface area contributed by atoms with Crippen LogP contribution >= 0.6 is 0 Å². The summed E-state index contributed by atoms with van der Waals surface area (Å²) in [5.74, 6) is 1.71. The third kappa shape index (κ3) is 1.15. The van der Waals surface area contributed by atoms with Crippen LogP contribution in [0.1, 0.15) is 12.8 Å². The van der Waals surface area contributed by atoms with E-state index in [1.54, 1.807) is 12.0 Å². The average molecular weight is 121 g/mol. The van der Waals surface area contributed by atoms with Gasteiger partial charge in [-0.3, -0.25) is 0 Å². The largest absolute Gasteiger partial charge is 0.304 e. The summed E-state index contributed by atoms with van der Waals surface area (Å²) in [5, 5.41) is 7.20. The maximum atomic E-state index is 10.0. The number of allylic oxidation sites excluding steroid dienone is 3. The zero-order valence-corrected chi connectivity index (χ0v) is 4.98. The lowest BCUT2D eigenvalue weighted by molar-refractivity contribution is 0.568. The van der Waals surface area contributed by atoms with Crippen LogP contribution in [0.2, 0.25) is 0 Å². The summed E-state index contributed by atoms with van der Waals surface area (Å²) in [5.41, 5.74) is 0.814. The van der Waals surface area contributed by atoms with E-state index in [1.165, 1.54) is 0 Å². The highest BCUT2D eigenvalue weighted by molar-refractivity contribution is 6.07. The predicted octanol–water partition coefficient (Wildman–Crippen LogP) is 1.11. The van der Waals surface area contributed by atoms with E-state index in [1.807, 2.05) is 6.08 Å². The van der Waals surface area contributed by atoms with Crippen LogP contribution < -0.4 is 0 Å².